The van der Waals surface area contributed by atoms with E-state index in [1.807, 2.05) is 19.1 Å². The maximum absolute atomic E-state index is 13.3. The fourth-order valence-electron chi connectivity index (χ4n) is 4.71. The Labute approximate surface area is 187 Å². The van der Waals surface area contributed by atoms with E-state index in [1.165, 1.54) is 5.69 Å². The number of urea groups is 1. The normalized spacial score (nSPS) is 17.5. The zero-order valence-electron chi connectivity index (χ0n) is 19.0. The van der Waals surface area contributed by atoms with Gasteiger partial charge in [-0.05, 0) is 45.4 Å². The molecular weight excluding hydrogens is 406 g/mol. The lowest BCUT2D eigenvalue weighted by molar-refractivity contribution is 0.257. The van der Waals surface area contributed by atoms with Gasteiger partial charge in [0.05, 0.1) is 30.2 Å². The van der Waals surface area contributed by atoms with Gasteiger partial charge in [-0.15, -0.1) is 0 Å². The number of aryl methyl sites for hydroxylation is 1. The largest absolute Gasteiger partial charge is 0.493 e. The van der Waals surface area contributed by atoms with Crippen LogP contribution in [0.25, 0.3) is 5.52 Å². The van der Waals surface area contributed by atoms with Gasteiger partial charge in [0.1, 0.15) is 5.82 Å². The Morgan fingerprint density at radius 3 is 2.91 bits per heavy atom. The van der Waals surface area contributed by atoms with Crippen molar-refractivity contribution in [2.45, 2.75) is 32.7 Å². The van der Waals surface area contributed by atoms with Crippen LogP contribution in [0.4, 0.5) is 22.0 Å². The van der Waals surface area contributed by atoms with Crippen LogP contribution in [0, 0.1) is 6.92 Å². The van der Waals surface area contributed by atoms with Crippen molar-refractivity contribution in [3.63, 3.8) is 0 Å². The molecule has 5 rings (SSSR count). The molecule has 0 unspecified atom stereocenters. The van der Waals surface area contributed by atoms with Crippen molar-refractivity contribution >= 4 is 28.7 Å². The number of ether oxygens (including phenoxy) is 1. The first-order chi connectivity index (χ1) is 15.3. The molecule has 1 fully saturated rings. The molecule has 1 saturated heterocycles. The number of anilines is 3. The van der Waals surface area contributed by atoms with Crippen LogP contribution in [0.2, 0.25) is 0 Å². The van der Waals surface area contributed by atoms with Crippen molar-refractivity contribution in [1.29, 1.82) is 0 Å². The number of nitrogens with one attached hydrogen (secondary N) is 2. The molecule has 9 nitrogen and oxygen atoms in total. The summed E-state index contributed by atoms with van der Waals surface area (Å²) in [5.41, 5.74) is 4.76. The number of pyridine rings is 2. The van der Waals surface area contributed by atoms with Crippen molar-refractivity contribution < 1.29 is 9.53 Å². The van der Waals surface area contributed by atoms with E-state index >= 15 is 0 Å². The van der Waals surface area contributed by atoms with Crippen molar-refractivity contribution in [3.05, 3.63) is 41.9 Å². The summed E-state index contributed by atoms with van der Waals surface area (Å²) in [6, 6.07) is 5.69. The third-order valence-corrected chi connectivity index (χ3v) is 6.15. The molecule has 0 atom stereocenters. The van der Waals surface area contributed by atoms with E-state index in [0.29, 0.717) is 18.0 Å². The summed E-state index contributed by atoms with van der Waals surface area (Å²) in [4.78, 5) is 21.9. The number of carbonyl (C=O) groups is 1. The van der Waals surface area contributed by atoms with Crippen LogP contribution in [-0.2, 0) is 6.42 Å². The highest BCUT2D eigenvalue weighted by molar-refractivity contribution is 6.04. The smallest absolute Gasteiger partial charge is 0.327 e. The summed E-state index contributed by atoms with van der Waals surface area (Å²) in [6.07, 6.45) is 4.36. The minimum atomic E-state index is -0.215. The first-order valence-corrected chi connectivity index (χ1v) is 10.9. The van der Waals surface area contributed by atoms with Gasteiger partial charge in [0.25, 0.3) is 0 Å². The summed E-state index contributed by atoms with van der Waals surface area (Å²) >= 11 is 0. The molecular formula is C23H29N7O2. The van der Waals surface area contributed by atoms with Crippen molar-refractivity contribution in [3.8, 4) is 5.75 Å². The molecule has 2 amide bonds. The first kappa shape index (κ1) is 20.6. The first-order valence-electron chi connectivity index (χ1n) is 10.9. The fourth-order valence-corrected chi connectivity index (χ4v) is 4.71. The van der Waals surface area contributed by atoms with E-state index in [4.69, 9.17) is 4.74 Å². The number of hydrogen-bond acceptors (Lipinski definition) is 6. The van der Waals surface area contributed by atoms with Gasteiger partial charge in [0.2, 0.25) is 0 Å². The Kier molecular flexibility index (Phi) is 4.93. The third kappa shape index (κ3) is 3.62. The van der Waals surface area contributed by atoms with Crippen LogP contribution in [0.15, 0.2) is 30.6 Å². The predicted octanol–water partition coefficient (Wildman–Crippen LogP) is 2.83. The minimum Gasteiger partial charge on any atom is -0.493 e. The maximum atomic E-state index is 13.3. The lowest BCUT2D eigenvalue weighted by Crippen LogP contribution is -2.57. The van der Waals surface area contributed by atoms with E-state index in [0.717, 1.165) is 48.6 Å². The highest BCUT2D eigenvalue weighted by Crippen LogP contribution is 2.35. The van der Waals surface area contributed by atoms with Crippen LogP contribution in [-0.4, -0.2) is 59.5 Å². The van der Waals surface area contributed by atoms with Gasteiger partial charge >= 0.3 is 6.03 Å². The van der Waals surface area contributed by atoms with E-state index < -0.39 is 0 Å². The average molecular weight is 436 g/mol. The molecule has 2 aliphatic rings. The third-order valence-electron chi connectivity index (χ3n) is 6.15. The summed E-state index contributed by atoms with van der Waals surface area (Å²) < 4.78 is 7.24. The van der Waals surface area contributed by atoms with E-state index in [2.05, 4.69) is 45.5 Å². The minimum absolute atomic E-state index is 0.0469. The van der Waals surface area contributed by atoms with Crippen molar-refractivity contribution in [2.24, 2.45) is 0 Å². The number of amides is 2. The van der Waals surface area contributed by atoms with Gasteiger partial charge in [-0.3, -0.25) is 4.90 Å². The standard InChI is InChI=1S/C23H29N7O2/c1-15-11-16-12-18(20(32-4)13-30(16)27-15)26-22(31)29-9-6-17-19(5-7-24-21(17)29)28-10-8-25-23(2,3)14-28/h5,7,11-13,25H,6,8-10,14H2,1-4H3,(H,26,31). The lowest BCUT2D eigenvalue weighted by Gasteiger charge is -2.41. The summed E-state index contributed by atoms with van der Waals surface area (Å²) in [7, 11) is 1.58. The fraction of sp³-hybridized carbons (Fsp3) is 0.435. The molecule has 32 heavy (non-hydrogen) atoms. The average Bonchev–Trinajstić information content (AvgIpc) is 3.34. The van der Waals surface area contributed by atoms with Crippen LogP contribution >= 0.6 is 0 Å². The van der Waals surface area contributed by atoms with Crippen LogP contribution in [0.5, 0.6) is 5.75 Å². The monoisotopic (exact) mass is 435 g/mol. The van der Waals surface area contributed by atoms with Crippen molar-refractivity contribution in [1.82, 2.24) is 19.9 Å². The Balaban J connectivity index is 1.41. The number of methoxy groups -OCH3 is 1. The van der Waals surface area contributed by atoms with Gasteiger partial charge in [-0.1, -0.05) is 0 Å². The number of fused-ring (bicyclic) bond motifs is 2. The zero-order valence-corrected chi connectivity index (χ0v) is 19.0. The van der Waals surface area contributed by atoms with Gasteiger partial charge in [-0.2, -0.15) is 5.10 Å². The molecule has 3 aromatic heterocycles. The molecule has 2 aliphatic heterocycles. The topological polar surface area (TPSA) is 87.0 Å². The molecule has 2 N–H and O–H groups in total. The molecule has 168 valence electrons. The van der Waals surface area contributed by atoms with E-state index in [-0.39, 0.29) is 11.6 Å². The van der Waals surface area contributed by atoms with Crippen LogP contribution in [0.3, 0.4) is 0 Å². The molecule has 5 heterocycles. The quantitative estimate of drug-likeness (QED) is 0.658. The number of hydrogen-bond donors (Lipinski definition) is 2. The molecule has 3 aromatic rings. The molecule has 0 aliphatic carbocycles. The predicted molar refractivity (Wildman–Crippen MR) is 125 cm³/mol. The van der Waals surface area contributed by atoms with Gasteiger partial charge in [0, 0.05) is 49.2 Å². The lowest BCUT2D eigenvalue weighted by atomic mass is 10.0. The summed E-state index contributed by atoms with van der Waals surface area (Å²) in [5.74, 6) is 1.29. The van der Waals surface area contributed by atoms with Gasteiger partial charge in [0.15, 0.2) is 5.75 Å². The second kappa shape index (κ2) is 7.67. The number of carbonyl (C=O) groups excluding carboxylic acids is 1. The number of piperazine rings is 1. The maximum Gasteiger partial charge on any atom is 0.327 e. The highest BCUT2D eigenvalue weighted by Gasteiger charge is 2.32. The number of aromatic nitrogens is 3. The Hall–Kier alpha value is -3.33. The van der Waals surface area contributed by atoms with Crippen molar-refractivity contribution in [2.75, 3.05) is 48.4 Å². The Bertz CT molecular complexity index is 1190. The molecule has 0 bridgehead atoms. The Morgan fingerprint density at radius 1 is 1.28 bits per heavy atom. The molecule has 0 aromatic carbocycles. The molecule has 9 heteroatoms. The SMILES string of the molecule is COc1cn2nc(C)cc2cc1NC(=O)N1CCc2c(N3CCNC(C)(C)C3)ccnc21. The van der Waals surface area contributed by atoms with Crippen LogP contribution < -0.4 is 25.2 Å². The summed E-state index contributed by atoms with van der Waals surface area (Å²) in [5, 5.41) is 11.0. The number of nitrogens with zero attached hydrogens (tertiary/aromatic N) is 5. The van der Waals surface area contributed by atoms with Gasteiger partial charge in [-0.25, -0.2) is 14.3 Å². The molecule has 0 radical (unpaired) electrons. The second-order valence-corrected chi connectivity index (χ2v) is 9.11. The molecule has 0 saturated carbocycles. The molecule has 0 spiro atoms. The van der Waals surface area contributed by atoms with Gasteiger partial charge < -0.3 is 20.3 Å². The van der Waals surface area contributed by atoms with Crippen LogP contribution in [0.1, 0.15) is 25.1 Å². The highest BCUT2D eigenvalue weighted by atomic mass is 16.5. The zero-order chi connectivity index (χ0) is 22.5. The number of rotatable bonds is 3. The Morgan fingerprint density at radius 2 is 2.12 bits per heavy atom. The summed E-state index contributed by atoms with van der Waals surface area (Å²) in [6.45, 7) is 9.74. The van der Waals surface area contributed by atoms with E-state index in [1.54, 1.807) is 28.9 Å². The van der Waals surface area contributed by atoms with E-state index in [9.17, 15) is 4.79 Å². The second-order valence-electron chi connectivity index (χ2n) is 9.11.